The number of nitrogens with zero attached hydrogens (tertiary/aromatic N) is 1. The van der Waals surface area contributed by atoms with Gasteiger partial charge in [-0.05, 0) is 58.3 Å². The van der Waals surface area contributed by atoms with Gasteiger partial charge in [-0.1, -0.05) is 6.92 Å². The second-order valence-electron chi connectivity index (χ2n) is 4.95. The zero-order valence-electron chi connectivity index (χ0n) is 10.2. The Hall–Kier alpha value is -0.120. The van der Waals surface area contributed by atoms with E-state index < -0.39 is 0 Å². The van der Waals surface area contributed by atoms with E-state index in [1.165, 1.54) is 32.5 Å². The third kappa shape index (κ3) is 6.13. The van der Waals surface area contributed by atoms with E-state index in [-0.39, 0.29) is 6.10 Å². The van der Waals surface area contributed by atoms with Crippen LogP contribution < -0.4 is 5.32 Å². The molecule has 0 aliphatic carbocycles. The van der Waals surface area contributed by atoms with Gasteiger partial charge in [0.15, 0.2) is 0 Å². The van der Waals surface area contributed by atoms with Crippen LogP contribution in [0.25, 0.3) is 0 Å². The van der Waals surface area contributed by atoms with Crippen molar-refractivity contribution in [1.29, 1.82) is 0 Å². The van der Waals surface area contributed by atoms with Gasteiger partial charge in [0.25, 0.3) is 0 Å². The molecular formula is C12H26N2O. The molecule has 0 saturated carbocycles. The molecule has 2 unspecified atom stereocenters. The molecule has 1 aliphatic rings. The molecular weight excluding hydrogens is 188 g/mol. The number of aliphatic hydroxyl groups excluding tert-OH is 1. The van der Waals surface area contributed by atoms with Gasteiger partial charge in [0.1, 0.15) is 0 Å². The monoisotopic (exact) mass is 214 g/mol. The van der Waals surface area contributed by atoms with Crippen LogP contribution in [0.1, 0.15) is 33.1 Å². The van der Waals surface area contributed by atoms with E-state index in [9.17, 15) is 0 Å². The van der Waals surface area contributed by atoms with Crippen molar-refractivity contribution >= 4 is 0 Å². The number of hydrogen-bond acceptors (Lipinski definition) is 3. The quantitative estimate of drug-likeness (QED) is 0.623. The fourth-order valence-corrected chi connectivity index (χ4v) is 2.13. The first-order valence-electron chi connectivity index (χ1n) is 6.29. The molecule has 3 heteroatoms. The number of nitrogens with one attached hydrogen (secondary N) is 1. The average Bonchev–Trinajstić information content (AvgIpc) is 2.64. The molecule has 0 aromatic heterocycles. The molecule has 0 spiro atoms. The summed E-state index contributed by atoms with van der Waals surface area (Å²) in [4.78, 5) is 2.56. The highest BCUT2D eigenvalue weighted by molar-refractivity contribution is 4.70. The Morgan fingerprint density at radius 3 is 2.53 bits per heavy atom. The first-order chi connectivity index (χ1) is 7.18. The maximum Gasteiger partial charge on any atom is 0.0524 e. The van der Waals surface area contributed by atoms with E-state index in [1.807, 2.05) is 6.92 Å². The molecule has 90 valence electrons. The minimum Gasteiger partial charge on any atom is -0.393 e. The van der Waals surface area contributed by atoms with Crippen LogP contribution in [-0.2, 0) is 0 Å². The second kappa shape index (κ2) is 7.20. The first kappa shape index (κ1) is 12.9. The summed E-state index contributed by atoms with van der Waals surface area (Å²) < 4.78 is 0. The molecule has 2 N–H and O–H groups in total. The molecule has 1 rings (SSSR count). The van der Waals surface area contributed by atoms with Gasteiger partial charge in [-0.2, -0.15) is 0 Å². The SMILES string of the molecule is CC(O)CCNCC(C)CN1CCCC1. The highest BCUT2D eigenvalue weighted by atomic mass is 16.3. The molecule has 1 saturated heterocycles. The van der Waals surface area contributed by atoms with E-state index in [1.54, 1.807) is 0 Å². The van der Waals surface area contributed by atoms with Crippen molar-refractivity contribution in [3.63, 3.8) is 0 Å². The predicted molar refractivity (Wildman–Crippen MR) is 64.0 cm³/mol. The van der Waals surface area contributed by atoms with E-state index in [0.717, 1.165) is 25.4 Å². The molecule has 0 aromatic rings. The average molecular weight is 214 g/mol. The highest BCUT2D eigenvalue weighted by Gasteiger charge is 2.14. The van der Waals surface area contributed by atoms with Crippen molar-refractivity contribution in [3.05, 3.63) is 0 Å². The van der Waals surface area contributed by atoms with E-state index in [4.69, 9.17) is 5.11 Å². The molecule has 0 amide bonds. The van der Waals surface area contributed by atoms with Gasteiger partial charge in [0, 0.05) is 6.54 Å². The summed E-state index contributed by atoms with van der Waals surface area (Å²) >= 11 is 0. The fourth-order valence-electron chi connectivity index (χ4n) is 2.13. The highest BCUT2D eigenvalue weighted by Crippen LogP contribution is 2.09. The van der Waals surface area contributed by atoms with Gasteiger partial charge < -0.3 is 15.3 Å². The number of aliphatic hydroxyl groups is 1. The second-order valence-corrected chi connectivity index (χ2v) is 4.95. The molecule has 0 radical (unpaired) electrons. The lowest BCUT2D eigenvalue weighted by Crippen LogP contribution is -2.32. The Kier molecular flexibility index (Phi) is 6.22. The van der Waals surface area contributed by atoms with Gasteiger partial charge in [0.05, 0.1) is 6.10 Å². The summed E-state index contributed by atoms with van der Waals surface area (Å²) in [7, 11) is 0. The lowest BCUT2D eigenvalue weighted by Gasteiger charge is -2.20. The summed E-state index contributed by atoms with van der Waals surface area (Å²) in [5.74, 6) is 0.720. The van der Waals surface area contributed by atoms with E-state index in [0.29, 0.717) is 0 Å². The lowest BCUT2D eigenvalue weighted by atomic mass is 10.1. The normalized spacial score (nSPS) is 21.8. The zero-order chi connectivity index (χ0) is 11.1. The molecule has 0 aromatic carbocycles. The van der Waals surface area contributed by atoms with Gasteiger partial charge >= 0.3 is 0 Å². The van der Waals surface area contributed by atoms with Crippen LogP contribution in [0.2, 0.25) is 0 Å². The number of likely N-dealkylation sites (tertiary alicyclic amines) is 1. The molecule has 2 atom stereocenters. The Balaban J connectivity index is 1.95. The summed E-state index contributed by atoms with van der Waals surface area (Å²) in [6.07, 6.45) is 3.44. The lowest BCUT2D eigenvalue weighted by molar-refractivity contribution is 0.182. The third-order valence-corrected chi connectivity index (χ3v) is 3.00. The maximum atomic E-state index is 9.10. The van der Waals surface area contributed by atoms with Crippen LogP contribution >= 0.6 is 0 Å². The summed E-state index contributed by atoms with van der Waals surface area (Å²) in [6.45, 7) is 9.95. The summed E-state index contributed by atoms with van der Waals surface area (Å²) in [5, 5.41) is 12.5. The van der Waals surface area contributed by atoms with Crippen LogP contribution in [0, 0.1) is 5.92 Å². The van der Waals surface area contributed by atoms with Gasteiger partial charge in [-0.15, -0.1) is 0 Å². The fraction of sp³-hybridized carbons (Fsp3) is 1.00. The Bertz CT molecular complexity index is 156. The first-order valence-corrected chi connectivity index (χ1v) is 6.29. The third-order valence-electron chi connectivity index (χ3n) is 3.00. The molecule has 1 aliphatic heterocycles. The minimum absolute atomic E-state index is 0.175. The minimum atomic E-state index is -0.175. The molecule has 1 heterocycles. The molecule has 0 bridgehead atoms. The topological polar surface area (TPSA) is 35.5 Å². The Morgan fingerprint density at radius 1 is 1.27 bits per heavy atom. The predicted octanol–water partition coefficient (Wildman–Crippen LogP) is 1.08. The standard InChI is InChI=1S/C12H26N2O/c1-11(9-13-6-5-12(2)15)10-14-7-3-4-8-14/h11-13,15H,3-10H2,1-2H3. The number of hydrogen-bond donors (Lipinski definition) is 2. The Morgan fingerprint density at radius 2 is 1.93 bits per heavy atom. The molecule has 15 heavy (non-hydrogen) atoms. The van der Waals surface area contributed by atoms with Crippen LogP contribution in [0.5, 0.6) is 0 Å². The van der Waals surface area contributed by atoms with Crippen molar-refractivity contribution in [2.24, 2.45) is 5.92 Å². The van der Waals surface area contributed by atoms with E-state index >= 15 is 0 Å². The van der Waals surface area contributed by atoms with Crippen molar-refractivity contribution in [3.8, 4) is 0 Å². The van der Waals surface area contributed by atoms with Crippen LogP contribution in [0.4, 0.5) is 0 Å². The number of rotatable bonds is 7. The largest absolute Gasteiger partial charge is 0.393 e. The van der Waals surface area contributed by atoms with Gasteiger partial charge in [0.2, 0.25) is 0 Å². The van der Waals surface area contributed by atoms with Crippen LogP contribution in [0.15, 0.2) is 0 Å². The molecule has 3 nitrogen and oxygen atoms in total. The Labute approximate surface area is 93.9 Å². The van der Waals surface area contributed by atoms with Crippen LogP contribution in [-0.4, -0.2) is 48.8 Å². The van der Waals surface area contributed by atoms with Crippen LogP contribution in [0.3, 0.4) is 0 Å². The van der Waals surface area contributed by atoms with Crippen molar-refractivity contribution in [2.45, 2.75) is 39.2 Å². The summed E-state index contributed by atoms with van der Waals surface area (Å²) in [5.41, 5.74) is 0. The van der Waals surface area contributed by atoms with Crippen molar-refractivity contribution in [1.82, 2.24) is 10.2 Å². The zero-order valence-corrected chi connectivity index (χ0v) is 10.2. The van der Waals surface area contributed by atoms with E-state index in [2.05, 4.69) is 17.1 Å². The van der Waals surface area contributed by atoms with Gasteiger partial charge in [-0.3, -0.25) is 0 Å². The van der Waals surface area contributed by atoms with Crippen molar-refractivity contribution < 1.29 is 5.11 Å². The van der Waals surface area contributed by atoms with Crippen molar-refractivity contribution in [2.75, 3.05) is 32.7 Å². The van der Waals surface area contributed by atoms with Gasteiger partial charge in [-0.25, -0.2) is 0 Å². The maximum absolute atomic E-state index is 9.10. The molecule has 1 fully saturated rings. The smallest absolute Gasteiger partial charge is 0.0524 e. The summed E-state index contributed by atoms with van der Waals surface area (Å²) in [6, 6.07) is 0.